The van der Waals surface area contributed by atoms with Crippen molar-refractivity contribution in [2.24, 2.45) is 23.3 Å². The van der Waals surface area contributed by atoms with E-state index in [1.165, 1.54) is 7.05 Å². The molecule has 0 aromatic heterocycles. The van der Waals surface area contributed by atoms with E-state index in [2.05, 4.69) is 10.7 Å². The van der Waals surface area contributed by atoms with Gasteiger partial charge in [-0.1, -0.05) is 26.7 Å². The highest BCUT2D eigenvalue weighted by atomic mass is 19.3. The molecule has 1 rings (SSSR count). The number of rotatable bonds is 14. The molecule has 1 saturated carbocycles. The van der Waals surface area contributed by atoms with Crippen molar-refractivity contribution in [3.63, 3.8) is 0 Å². The summed E-state index contributed by atoms with van der Waals surface area (Å²) >= 11 is 0. The number of unbranched alkanes of at least 4 members (excludes halogenated alkanes) is 2. The number of urea groups is 1. The van der Waals surface area contributed by atoms with Gasteiger partial charge in [0.1, 0.15) is 6.04 Å². The molecule has 1 aliphatic rings. The molecule has 2 atom stereocenters. The molecule has 0 saturated heterocycles. The number of amides is 4. The van der Waals surface area contributed by atoms with E-state index in [1.807, 2.05) is 6.92 Å². The second-order valence-corrected chi connectivity index (χ2v) is 9.56. The van der Waals surface area contributed by atoms with Crippen molar-refractivity contribution >= 4 is 17.8 Å². The molecule has 0 spiro atoms. The number of hydrazine groups is 2. The highest BCUT2D eigenvalue weighted by Gasteiger charge is 2.57. The second-order valence-electron chi connectivity index (χ2n) is 9.56. The number of nitrogens with one attached hydrogen (secondary N) is 2. The van der Waals surface area contributed by atoms with E-state index in [1.54, 1.807) is 13.8 Å². The van der Waals surface area contributed by atoms with Gasteiger partial charge in [-0.15, -0.1) is 0 Å². The molecule has 0 radical (unpaired) electrons. The molecule has 0 bridgehead atoms. The Labute approximate surface area is 210 Å². The third-order valence-electron chi connectivity index (χ3n) is 6.28. The summed E-state index contributed by atoms with van der Waals surface area (Å²) in [6.45, 7) is 2.74. The highest BCUT2D eigenvalue weighted by Crippen LogP contribution is 2.42. The lowest BCUT2D eigenvalue weighted by molar-refractivity contribution is -0.163. The molecule has 36 heavy (non-hydrogen) atoms. The van der Waals surface area contributed by atoms with Crippen molar-refractivity contribution in [3.05, 3.63) is 12.4 Å². The lowest BCUT2D eigenvalue weighted by Gasteiger charge is -2.47. The van der Waals surface area contributed by atoms with Crippen LogP contribution >= 0.6 is 0 Å². The van der Waals surface area contributed by atoms with Crippen LogP contribution in [-0.2, 0) is 9.59 Å². The van der Waals surface area contributed by atoms with Crippen LogP contribution in [0.4, 0.5) is 18.0 Å². The van der Waals surface area contributed by atoms with Gasteiger partial charge in [-0.3, -0.25) is 25.8 Å². The first-order chi connectivity index (χ1) is 16.8. The Hall–Kier alpha value is -2.58. The Bertz CT molecular complexity index is 765. The van der Waals surface area contributed by atoms with Crippen molar-refractivity contribution in [2.75, 3.05) is 13.6 Å². The Morgan fingerprint density at radius 1 is 1.14 bits per heavy atom. The highest BCUT2D eigenvalue weighted by molar-refractivity contribution is 5.92. The number of likely N-dealkylation sites (N-methyl/N-ethyl adjacent to an activating group) is 1. The monoisotopic (exact) mass is 522 g/mol. The van der Waals surface area contributed by atoms with Crippen LogP contribution in [0.2, 0.25) is 0 Å². The van der Waals surface area contributed by atoms with Crippen LogP contribution in [0, 0.1) is 5.92 Å². The average Bonchev–Trinajstić information content (AvgIpc) is 2.76. The number of hydrogen-bond donors (Lipinski definition) is 5. The molecule has 14 heteroatoms. The minimum atomic E-state index is -3.26. The van der Waals surface area contributed by atoms with Gasteiger partial charge in [0.15, 0.2) is 5.67 Å². The van der Waals surface area contributed by atoms with Crippen LogP contribution in [0.25, 0.3) is 0 Å². The maximum Gasteiger partial charge on any atom is 0.342 e. The fourth-order valence-electron chi connectivity index (χ4n) is 4.37. The van der Waals surface area contributed by atoms with Gasteiger partial charge < -0.3 is 16.0 Å². The second kappa shape index (κ2) is 14.2. The van der Waals surface area contributed by atoms with Gasteiger partial charge >= 0.3 is 12.6 Å². The lowest BCUT2D eigenvalue weighted by Crippen LogP contribution is -2.65. The minimum Gasteiger partial charge on any atom is -0.403 e. The van der Waals surface area contributed by atoms with E-state index >= 15 is 4.39 Å². The van der Waals surface area contributed by atoms with Crippen molar-refractivity contribution in [2.45, 2.75) is 89.6 Å². The van der Waals surface area contributed by atoms with E-state index in [-0.39, 0.29) is 16.9 Å². The topological polar surface area (TPSA) is 163 Å². The van der Waals surface area contributed by atoms with E-state index < -0.39 is 55.0 Å². The van der Waals surface area contributed by atoms with E-state index in [0.717, 1.165) is 43.0 Å². The average molecular weight is 523 g/mol. The number of carbonyl (C=O) groups is 3. The third kappa shape index (κ3) is 8.23. The van der Waals surface area contributed by atoms with Gasteiger partial charge in [-0.2, -0.15) is 8.78 Å². The summed E-state index contributed by atoms with van der Waals surface area (Å²) < 4.78 is 42.5. The molecule has 2 unspecified atom stereocenters. The van der Waals surface area contributed by atoms with E-state index in [9.17, 15) is 23.2 Å². The molecule has 4 amide bonds. The Kier molecular flexibility index (Phi) is 12.4. The van der Waals surface area contributed by atoms with Crippen molar-refractivity contribution in [1.29, 1.82) is 0 Å². The fourth-order valence-corrected chi connectivity index (χ4v) is 4.37. The standard InChI is InChI=1S/C22H41F3N8O3/c1-14(2)17(18(34)30-15(3)8-6-5-7-10-29-27)31(4)19(35)22(25)12-16(13-22)33(20(23)24)21(36)32(28)11-9-26/h9,11,14-17,20,29H,5-8,10,12-13,26-28H2,1-4H3,(H,30,34)/b11-9-. The molecule has 1 fully saturated rings. The van der Waals surface area contributed by atoms with Crippen LogP contribution in [0.5, 0.6) is 0 Å². The zero-order valence-corrected chi connectivity index (χ0v) is 21.4. The molecule has 0 aromatic carbocycles. The zero-order valence-electron chi connectivity index (χ0n) is 21.4. The summed E-state index contributed by atoms with van der Waals surface area (Å²) in [5.74, 6) is 8.86. The quantitative estimate of drug-likeness (QED) is 0.0750. The maximum absolute atomic E-state index is 15.5. The molecular weight excluding hydrogens is 481 g/mol. The van der Waals surface area contributed by atoms with Gasteiger partial charge in [-0.05, 0) is 25.7 Å². The fraction of sp³-hybridized carbons (Fsp3) is 0.773. The first-order valence-corrected chi connectivity index (χ1v) is 12.0. The molecule has 0 heterocycles. The van der Waals surface area contributed by atoms with Gasteiger partial charge in [0.25, 0.3) is 5.91 Å². The maximum atomic E-state index is 15.5. The summed E-state index contributed by atoms with van der Waals surface area (Å²) in [7, 11) is 1.31. The largest absolute Gasteiger partial charge is 0.403 e. The number of carbonyl (C=O) groups excluding carboxylic acids is 3. The van der Waals surface area contributed by atoms with Gasteiger partial charge in [0.2, 0.25) is 5.91 Å². The van der Waals surface area contributed by atoms with E-state index in [0.29, 0.717) is 11.6 Å². The first kappa shape index (κ1) is 31.4. The predicted octanol–water partition coefficient (Wildman–Crippen LogP) is 1.12. The number of nitrogens with zero attached hydrogens (tertiary/aromatic N) is 3. The smallest absolute Gasteiger partial charge is 0.342 e. The third-order valence-corrected chi connectivity index (χ3v) is 6.28. The van der Waals surface area contributed by atoms with Crippen molar-refractivity contribution in [3.8, 4) is 0 Å². The molecule has 11 nitrogen and oxygen atoms in total. The molecule has 208 valence electrons. The van der Waals surface area contributed by atoms with E-state index in [4.69, 9.17) is 17.4 Å². The minimum absolute atomic E-state index is 0.114. The van der Waals surface area contributed by atoms with Crippen LogP contribution < -0.4 is 28.2 Å². The van der Waals surface area contributed by atoms with Crippen molar-refractivity contribution in [1.82, 2.24) is 25.6 Å². The molecule has 0 aliphatic heterocycles. The number of hydrogen-bond acceptors (Lipinski definition) is 7. The van der Waals surface area contributed by atoms with Crippen LogP contribution in [-0.4, -0.2) is 76.6 Å². The zero-order chi connectivity index (χ0) is 27.6. The number of nitrogens with two attached hydrogens (primary N) is 3. The van der Waals surface area contributed by atoms with Crippen LogP contribution in [0.15, 0.2) is 12.4 Å². The Morgan fingerprint density at radius 3 is 2.25 bits per heavy atom. The van der Waals surface area contributed by atoms with Gasteiger partial charge in [0, 0.05) is 50.9 Å². The number of alkyl halides is 3. The summed E-state index contributed by atoms with van der Waals surface area (Å²) in [5.41, 5.74) is 5.21. The summed E-state index contributed by atoms with van der Waals surface area (Å²) in [6, 6.07) is -3.66. The molecule has 1 aliphatic carbocycles. The molecule has 8 N–H and O–H groups in total. The van der Waals surface area contributed by atoms with Crippen LogP contribution in [0.3, 0.4) is 0 Å². The first-order valence-electron chi connectivity index (χ1n) is 12.0. The van der Waals surface area contributed by atoms with Crippen molar-refractivity contribution < 1.29 is 27.6 Å². The number of halogens is 3. The Balaban J connectivity index is 2.81. The van der Waals surface area contributed by atoms with Gasteiger partial charge in [-0.25, -0.2) is 20.0 Å². The summed E-state index contributed by atoms with van der Waals surface area (Å²) in [5, 5.41) is 3.23. The molecular formula is C22H41F3N8O3. The predicted molar refractivity (Wildman–Crippen MR) is 129 cm³/mol. The van der Waals surface area contributed by atoms with Gasteiger partial charge in [0.05, 0.1) is 0 Å². The summed E-state index contributed by atoms with van der Waals surface area (Å²) in [6.07, 6.45) is 3.91. The van der Waals surface area contributed by atoms with Crippen LogP contribution in [0.1, 0.15) is 59.3 Å². The SMILES string of the molecule is CC(CCCCCNN)NC(=O)C(C(C)C)N(C)C(=O)C1(F)CC(N(C(=O)N(N)/C=C\N)C(F)F)C1. The molecule has 0 aromatic rings. The lowest BCUT2D eigenvalue weighted by atomic mass is 9.75. The summed E-state index contributed by atoms with van der Waals surface area (Å²) in [4.78, 5) is 39.3. The Morgan fingerprint density at radius 2 is 1.75 bits per heavy atom. The normalized spacial score (nSPS) is 21.2.